The smallest absolute Gasteiger partial charge is 0.243 e. The van der Waals surface area contributed by atoms with Gasteiger partial charge in [-0.15, -0.1) is 0 Å². The Morgan fingerprint density at radius 3 is 2.70 bits per heavy atom. The quantitative estimate of drug-likeness (QED) is 0.843. The molecule has 0 spiro atoms. The number of benzene rings is 1. The van der Waals surface area contributed by atoms with Gasteiger partial charge in [-0.25, -0.2) is 21.9 Å². The first kappa shape index (κ1) is 15.3. The lowest BCUT2D eigenvalue weighted by Crippen LogP contribution is -2.28. The second-order valence-corrected chi connectivity index (χ2v) is 6.74. The van der Waals surface area contributed by atoms with Gasteiger partial charge in [0, 0.05) is 18.2 Å². The Hall–Kier alpha value is -1.05. The topological polar surface area (TPSA) is 72.2 Å². The molecule has 1 aromatic rings. The Morgan fingerprint density at radius 1 is 1.40 bits per heavy atom. The molecule has 0 heterocycles. The monoisotopic (exact) mass is 304 g/mol. The number of rotatable bonds is 6. The highest BCUT2D eigenvalue weighted by atomic mass is 32.2. The summed E-state index contributed by atoms with van der Waals surface area (Å²) >= 11 is 0. The van der Waals surface area contributed by atoms with Crippen molar-refractivity contribution < 1.29 is 17.2 Å². The van der Waals surface area contributed by atoms with Crippen LogP contribution in [0.2, 0.25) is 0 Å². The summed E-state index contributed by atoms with van der Waals surface area (Å²) in [7, 11) is -3.98. The van der Waals surface area contributed by atoms with Crippen molar-refractivity contribution >= 4 is 10.0 Å². The zero-order valence-corrected chi connectivity index (χ0v) is 12.0. The van der Waals surface area contributed by atoms with E-state index in [0.717, 1.165) is 31.4 Å². The van der Waals surface area contributed by atoms with Gasteiger partial charge in [-0.1, -0.05) is 13.3 Å². The van der Waals surface area contributed by atoms with E-state index < -0.39 is 32.1 Å². The molecule has 112 valence electrons. The minimum atomic E-state index is -3.98. The molecule has 7 heteroatoms. The second kappa shape index (κ2) is 5.75. The van der Waals surface area contributed by atoms with Crippen LogP contribution < -0.4 is 10.5 Å². The molecule has 1 fully saturated rings. The van der Waals surface area contributed by atoms with E-state index in [1.807, 2.05) is 6.92 Å². The van der Waals surface area contributed by atoms with Crippen LogP contribution in [0.15, 0.2) is 17.0 Å². The summed E-state index contributed by atoms with van der Waals surface area (Å²) in [5.74, 6) is -1.63. The van der Waals surface area contributed by atoms with E-state index in [-0.39, 0.29) is 12.6 Å². The summed E-state index contributed by atoms with van der Waals surface area (Å²) in [5.41, 5.74) is 4.84. The number of nitrogens with two attached hydrogens (primary N) is 1. The van der Waals surface area contributed by atoms with Gasteiger partial charge in [-0.2, -0.15) is 0 Å². The first-order valence-electron chi connectivity index (χ1n) is 6.60. The van der Waals surface area contributed by atoms with Gasteiger partial charge in [0.05, 0.1) is 0 Å². The lowest BCUT2D eigenvalue weighted by atomic mass is 10.2. The highest BCUT2D eigenvalue weighted by molar-refractivity contribution is 7.89. The van der Waals surface area contributed by atoms with Crippen molar-refractivity contribution in [2.24, 2.45) is 11.7 Å². The van der Waals surface area contributed by atoms with Crippen LogP contribution in [0, 0.1) is 17.6 Å². The summed E-state index contributed by atoms with van der Waals surface area (Å²) in [6, 6.07) is 1.71. The first-order chi connectivity index (χ1) is 9.40. The molecule has 2 rings (SSSR count). The van der Waals surface area contributed by atoms with Crippen molar-refractivity contribution in [3.63, 3.8) is 0 Å². The molecule has 1 aliphatic rings. The number of nitrogens with one attached hydrogen (secondary N) is 1. The lowest BCUT2D eigenvalue weighted by Gasteiger charge is -2.10. The number of sulfonamides is 1. The molecule has 1 saturated carbocycles. The third-order valence-electron chi connectivity index (χ3n) is 3.53. The summed E-state index contributed by atoms with van der Waals surface area (Å²) in [6.45, 7) is 1.64. The molecule has 20 heavy (non-hydrogen) atoms. The van der Waals surface area contributed by atoms with Crippen LogP contribution in [-0.4, -0.2) is 14.5 Å². The van der Waals surface area contributed by atoms with Gasteiger partial charge < -0.3 is 5.73 Å². The first-order valence-corrected chi connectivity index (χ1v) is 8.08. The van der Waals surface area contributed by atoms with Crippen LogP contribution >= 0.6 is 0 Å². The van der Waals surface area contributed by atoms with Gasteiger partial charge >= 0.3 is 0 Å². The Kier molecular flexibility index (Phi) is 4.41. The SMILES string of the molecule is CCCC1CC1NS(=O)(=O)c1ccc(F)c(CN)c1F. The number of halogens is 2. The van der Waals surface area contributed by atoms with E-state index in [2.05, 4.69) is 4.72 Å². The fraction of sp³-hybridized carbons (Fsp3) is 0.538. The van der Waals surface area contributed by atoms with Crippen molar-refractivity contribution in [2.45, 2.75) is 43.7 Å². The van der Waals surface area contributed by atoms with Crippen LogP contribution in [0.5, 0.6) is 0 Å². The maximum atomic E-state index is 14.0. The summed E-state index contributed by atoms with van der Waals surface area (Å²) in [6.07, 6.45) is 2.68. The van der Waals surface area contributed by atoms with E-state index in [0.29, 0.717) is 5.92 Å². The minimum Gasteiger partial charge on any atom is -0.326 e. The van der Waals surface area contributed by atoms with Gasteiger partial charge in [0.25, 0.3) is 0 Å². The standard InChI is InChI=1S/C13H18F2N2O2S/c1-2-3-8-6-11(8)17-20(18,19)12-5-4-10(14)9(7-16)13(12)15/h4-5,8,11,17H,2-3,6-7,16H2,1H3. The van der Waals surface area contributed by atoms with Gasteiger partial charge in [-0.05, 0) is 30.9 Å². The molecule has 2 atom stereocenters. The molecule has 0 aliphatic heterocycles. The highest BCUT2D eigenvalue weighted by Crippen LogP contribution is 2.36. The van der Waals surface area contributed by atoms with Crippen LogP contribution in [0.4, 0.5) is 8.78 Å². The normalized spacial score (nSPS) is 22.0. The zero-order valence-electron chi connectivity index (χ0n) is 11.2. The van der Waals surface area contributed by atoms with Crippen LogP contribution in [0.1, 0.15) is 31.7 Å². The highest BCUT2D eigenvalue weighted by Gasteiger charge is 2.40. The van der Waals surface area contributed by atoms with Gasteiger partial charge in [0.15, 0.2) is 5.82 Å². The third-order valence-corrected chi connectivity index (χ3v) is 5.04. The Morgan fingerprint density at radius 2 is 2.10 bits per heavy atom. The number of hydrogen-bond acceptors (Lipinski definition) is 3. The van der Waals surface area contributed by atoms with Crippen molar-refractivity contribution in [3.8, 4) is 0 Å². The maximum Gasteiger partial charge on any atom is 0.243 e. The Bertz CT molecular complexity index is 605. The predicted molar refractivity (Wildman–Crippen MR) is 71.4 cm³/mol. The molecule has 0 saturated heterocycles. The van der Waals surface area contributed by atoms with E-state index in [4.69, 9.17) is 5.73 Å². The van der Waals surface area contributed by atoms with E-state index in [9.17, 15) is 17.2 Å². The van der Waals surface area contributed by atoms with E-state index >= 15 is 0 Å². The number of hydrogen-bond donors (Lipinski definition) is 2. The Labute approximate surface area is 117 Å². The fourth-order valence-electron chi connectivity index (χ4n) is 2.32. The van der Waals surface area contributed by atoms with Gasteiger partial charge in [0.1, 0.15) is 10.7 Å². The van der Waals surface area contributed by atoms with E-state index in [1.54, 1.807) is 0 Å². The zero-order chi connectivity index (χ0) is 14.9. The molecular weight excluding hydrogens is 286 g/mol. The van der Waals surface area contributed by atoms with Crippen LogP contribution in [0.3, 0.4) is 0 Å². The molecule has 4 nitrogen and oxygen atoms in total. The summed E-state index contributed by atoms with van der Waals surface area (Å²) in [4.78, 5) is -0.540. The average Bonchev–Trinajstić information content (AvgIpc) is 3.07. The summed E-state index contributed by atoms with van der Waals surface area (Å²) in [5, 5.41) is 0. The maximum absolute atomic E-state index is 14.0. The van der Waals surface area contributed by atoms with Crippen LogP contribution in [0.25, 0.3) is 0 Å². The molecule has 1 aromatic carbocycles. The lowest BCUT2D eigenvalue weighted by molar-refractivity contribution is 0.524. The van der Waals surface area contributed by atoms with Crippen molar-refractivity contribution in [2.75, 3.05) is 0 Å². The molecular formula is C13H18F2N2O2S. The average molecular weight is 304 g/mol. The molecule has 0 bridgehead atoms. The Balaban J connectivity index is 2.23. The van der Waals surface area contributed by atoms with Crippen molar-refractivity contribution in [1.29, 1.82) is 0 Å². The van der Waals surface area contributed by atoms with Crippen molar-refractivity contribution in [1.82, 2.24) is 4.72 Å². The second-order valence-electron chi connectivity index (χ2n) is 5.05. The third kappa shape index (κ3) is 2.99. The predicted octanol–water partition coefficient (Wildman–Crippen LogP) is 1.89. The van der Waals surface area contributed by atoms with E-state index in [1.165, 1.54) is 0 Å². The largest absolute Gasteiger partial charge is 0.326 e. The van der Waals surface area contributed by atoms with Crippen LogP contribution in [-0.2, 0) is 16.6 Å². The molecule has 0 aromatic heterocycles. The molecule has 2 unspecified atom stereocenters. The van der Waals surface area contributed by atoms with Gasteiger partial charge in [0.2, 0.25) is 10.0 Å². The van der Waals surface area contributed by atoms with Crippen molar-refractivity contribution in [3.05, 3.63) is 29.3 Å². The minimum absolute atomic E-state index is 0.147. The molecule has 0 radical (unpaired) electrons. The molecule has 0 amide bonds. The molecule has 3 N–H and O–H groups in total. The van der Waals surface area contributed by atoms with Gasteiger partial charge in [-0.3, -0.25) is 0 Å². The summed E-state index contributed by atoms with van der Waals surface area (Å²) < 4.78 is 54.0. The fourth-order valence-corrected chi connectivity index (χ4v) is 3.74. The molecule has 1 aliphatic carbocycles.